The molecule has 0 radical (unpaired) electrons. The first-order valence-corrected chi connectivity index (χ1v) is 10.3. The van der Waals surface area contributed by atoms with E-state index in [1.807, 2.05) is 37.3 Å². The average Bonchev–Trinajstić information content (AvgIpc) is 2.78. The highest BCUT2D eigenvalue weighted by Crippen LogP contribution is 2.18. The Morgan fingerprint density at radius 3 is 2.68 bits per heavy atom. The number of amides is 1. The Bertz CT molecular complexity index is 676. The van der Waals surface area contributed by atoms with Crippen LogP contribution in [0.4, 0.5) is 11.5 Å². The molecule has 1 amide bonds. The van der Waals surface area contributed by atoms with Crippen molar-refractivity contribution in [2.24, 2.45) is 0 Å². The molecule has 1 aromatic rings. The van der Waals surface area contributed by atoms with Crippen LogP contribution in [-0.2, 0) is 14.8 Å². The van der Waals surface area contributed by atoms with Crippen LogP contribution in [0.1, 0.15) is 19.3 Å². The van der Waals surface area contributed by atoms with Crippen LogP contribution < -0.4 is 14.9 Å². The minimum atomic E-state index is -3.35. The summed E-state index contributed by atoms with van der Waals surface area (Å²) in [7, 11) is 0.550. The molecule has 1 fully saturated rings. The van der Waals surface area contributed by atoms with E-state index in [1.165, 1.54) is 0 Å². The summed E-state index contributed by atoms with van der Waals surface area (Å²) in [5.74, 6) is 0.727. The molecule has 1 aliphatic rings. The Balaban J connectivity index is 1.85. The third-order valence-corrected chi connectivity index (χ3v) is 4.81. The van der Waals surface area contributed by atoms with Gasteiger partial charge in [0.1, 0.15) is 5.82 Å². The second-order valence-corrected chi connectivity index (χ2v) is 8.38. The molecular formula is C16H27N5O3S. The molecule has 0 aliphatic carbocycles. The van der Waals surface area contributed by atoms with Crippen molar-refractivity contribution in [3.05, 3.63) is 18.3 Å². The molecule has 8 nitrogen and oxygen atoms in total. The molecule has 0 spiro atoms. The minimum Gasteiger partial charge on any atom is -0.381 e. The SMILES string of the molecule is CN(C)c1ccc(N[C@H]2CCCN(C(=O)CNS(C)(=O)=O)CC2)cn1. The summed E-state index contributed by atoms with van der Waals surface area (Å²) in [4.78, 5) is 20.2. The predicted molar refractivity (Wildman–Crippen MR) is 99.3 cm³/mol. The maximum Gasteiger partial charge on any atom is 0.237 e. The van der Waals surface area contributed by atoms with E-state index in [2.05, 4.69) is 15.0 Å². The van der Waals surface area contributed by atoms with Crippen LogP contribution in [-0.4, -0.2) is 70.2 Å². The molecule has 9 heteroatoms. The van der Waals surface area contributed by atoms with Gasteiger partial charge in [-0.2, -0.15) is 0 Å². The van der Waals surface area contributed by atoms with Crippen molar-refractivity contribution in [3.8, 4) is 0 Å². The molecule has 0 bridgehead atoms. The molecule has 140 valence electrons. The number of nitrogens with one attached hydrogen (secondary N) is 2. The molecule has 1 aliphatic heterocycles. The maximum atomic E-state index is 12.1. The Hall–Kier alpha value is -1.87. The first-order valence-electron chi connectivity index (χ1n) is 8.37. The zero-order valence-corrected chi connectivity index (χ0v) is 15.8. The van der Waals surface area contributed by atoms with E-state index in [-0.39, 0.29) is 18.5 Å². The summed E-state index contributed by atoms with van der Waals surface area (Å²) in [5, 5.41) is 3.47. The Morgan fingerprint density at radius 2 is 2.08 bits per heavy atom. The number of aromatic nitrogens is 1. The standard InChI is InChI=1S/C16H27N5O3S/c1-20(2)15-7-6-14(11-17-15)19-13-5-4-9-21(10-8-13)16(22)12-18-25(3,23)24/h6-7,11,13,18-19H,4-5,8-10,12H2,1-3H3/t13-/m0/s1. The molecule has 2 N–H and O–H groups in total. The van der Waals surface area contributed by atoms with Gasteiger partial charge in [-0.25, -0.2) is 18.1 Å². The topological polar surface area (TPSA) is 94.6 Å². The molecular weight excluding hydrogens is 342 g/mol. The van der Waals surface area contributed by atoms with E-state index in [0.717, 1.165) is 37.0 Å². The number of hydrogen-bond acceptors (Lipinski definition) is 6. The molecule has 25 heavy (non-hydrogen) atoms. The molecule has 0 saturated carbocycles. The van der Waals surface area contributed by atoms with E-state index in [1.54, 1.807) is 4.90 Å². The van der Waals surface area contributed by atoms with Gasteiger partial charge in [-0.05, 0) is 31.4 Å². The lowest BCUT2D eigenvalue weighted by atomic mass is 10.1. The van der Waals surface area contributed by atoms with E-state index < -0.39 is 10.0 Å². The van der Waals surface area contributed by atoms with Crippen LogP contribution >= 0.6 is 0 Å². The fourth-order valence-corrected chi connectivity index (χ4v) is 3.15. The van der Waals surface area contributed by atoms with Crippen molar-refractivity contribution in [1.82, 2.24) is 14.6 Å². The summed E-state index contributed by atoms with van der Waals surface area (Å²) in [6.45, 7) is 1.10. The summed E-state index contributed by atoms with van der Waals surface area (Å²) in [6.07, 6.45) is 5.53. The van der Waals surface area contributed by atoms with Gasteiger partial charge in [0.15, 0.2) is 0 Å². The van der Waals surface area contributed by atoms with Gasteiger partial charge >= 0.3 is 0 Å². The first-order chi connectivity index (χ1) is 11.7. The summed E-state index contributed by atoms with van der Waals surface area (Å²) in [6, 6.07) is 4.24. The Labute approximate surface area is 149 Å². The number of carbonyl (C=O) groups excluding carboxylic acids is 1. The number of rotatable bonds is 6. The van der Waals surface area contributed by atoms with Crippen molar-refractivity contribution in [2.45, 2.75) is 25.3 Å². The zero-order chi connectivity index (χ0) is 18.4. The number of pyridine rings is 1. The molecule has 1 atom stereocenters. The van der Waals surface area contributed by atoms with Crippen LogP contribution in [0, 0.1) is 0 Å². The minimum absolute atomic E-state index is 0.174. The van der Waals surface area contributed by atoms with Crippen molar-refractivity contribution in [1.29, 1.82) is 0 Å². The first kappa shape index (κ1) is 19.5. The molecule has 2 heterocycles. The summed E-state index contributed by atoms with van der Waals surface area (Å²) in [5.41, 5.74) is 0.967. The number of sulfonamides is 1. The monoisotopic (exact) mass is 369 g/mol. The Morgan fingerprint density at radius 1 is 1.32 bits per heavy atom. The largest absolute Gasteiger partial charge is 0.381 e. The highest BCUT2D eigenvalue weighted by Gasteiger charge is 2.21. The molecule has 2 rings (SSSR count). The highest BCUT2D eigenvalue weighted by atomic mass is 32.2. The number of anilines is 2. The molecule has 0 unspecified atom stereocenters. The van der Waals surface area contributed by atoms with Gasteiger partial charge in [0, 0.05) is 33.2 Å². The molecule has 1 aromatic heterocycles. The van der Waals surface area contributed by atoms with E-state index in [4.69, 9.17) is 0 Å². The number of hydrogen-bond donors (Lipinski definition) is 2. The quantitative estimate of drug-likeness (QED) is 0.758. The highest BCUT2D eigenvalue weighted by molar-refractivity contribution is 7.88. The number of likely N-dealkylation sites (tertiary alicyclic amines) is 1. The second-order valence-electron chi connectivity index (χ2n) is 6.55. The van der Waals surface area contributed by atoms with Crippen molar-refractivity contribution in [3.63, 3.8) is 0 Å². The maximum absolute atomic E-state index is 12.1. The molecule has 1 saturated heterocycles. The van der Waals surface area contributed by atoms with Crippen LogP contribution in [0.5, 0.6) is 0 Å². The normalized spacial score (nSPS) is 18.5. The fourth-order valence-electron chi connectivity index (χ4n) is 2.77. The predicted octanol–water partition coefficient (Wildman–Crippen LogP) is 0.490. The average molecular weight is 369 g/mol. The van der Waals surface area contributed by atoms with Gasteiger partial charge in [-0.15, -0.1) is 0 Å². The van der Waals surface area contributed by atoms with Crippen LogP contribution in [0.2, 0.25) is 0 Å². The fraction of sp³-hybridized carbons (Fsp3) is 0.625. The second kappa shape index (κ2) is 8.48. The van der Waals surface area contributed by atoms with Gasteiger partial charge in [0.05, 0.1) is 24.7 Å². The molecule has 0 aromatic carbocycles. The van der Waals surface area contributed by atoms with Crippen molar-refractivity contribution >= 4 is 27.4 Å². The zero-order valence-electron chi connectivity index (χ0n) is 15.0. The Kier molecular flexibility index (Phi) is 6.60. The van der Waals surface area contributed by atoms with E-state index >= 15 is 0 Å². The van der Waals surface area contributed by atoms with Crippen molar-refractivity contribution < 1.29 is 13.2 Å². The lowest BCUT2D eigenvalue weighted by Gasteiger charge is -2.21. The third kappa shape index (κ3) is 6.50. The van der Waals surface area contributed by atoms with Crippen LogP contribution in [0.3, 0.4) is 0 Å². The van der Waals surface area contributed by atoms with Gasteiger partial charge in [0.2, 0.25) is 15.9 Å². The van der Waals surface area contributed by atoms with Gasteiger partial charge in [0.25, 0.3) is 0 Å². The van der Waals surface area contributed by atoms with Gasteiger partial charge < -0.3 is 15.1 Å². The van der Waals surface area contributed by atoms with E-state index in [0.29, 0.717) is 13.1 Å². The smallest absolute Gasteiger partial charge is 0.237 e. The van der Waals surface area contributed by atoms with Crippen LogP contribution in [0.15, 0.2) is 18.3 Å². The number of nitrogens with zero attached hydrogens (tertiary/aromatic N) is 3. The van der Waals surface area contributed by atoms with Gasteiger partial charge in [-0.1, -0.05) is 0 Å². The summed E-state index contributed by atoms with van der Waals surface area (Å²) < 4.78 is 24.5. The lowest BCUT2D eigenvalue weighted by Crippen LogP contribution is -2.40. The lowest BCUT2D eigenvalue weighted by molar-refractivity contribution is -0.129. The van der Waals surface area contributed by atoms with Gasteiger partial charge in [-0.3, -0.25) is 4.79 Å². The van der Waals surface area contributed by atoms with E-state index in [9.17, 15) is 13.2 Å². The number of carbonyl (C=O) groups is 1. The third-order valence-electron chi connectivity index (χ3n) is 4.14. The van der Waals surface area contributed by atoms with Crippen molar-refractivity contribution in [2.75, 3.05) is 50.2 Å². The summed E-state index contributed by atoms with van der Waals surface area (Å²) >= 11 is 0. The van der Waals surface area contributed by atoms with Crippen LogP contribution in [0.25, 0.3) is 0 Å².